The van der Waals surface area contributed by atoms with Crippen LogP contribution < -0.4 is 10.1 Å². The standard InChI is InChI=1S/C28H18BrN5OS/c29-22-14-12-20(13-15-22)26-21(18-33(32-26)23-9-5-2-6-10-23)17-24-27(35)34-28(36-24)30-25(31-34)16-11-19-7-3-1-4-8-19/h1-18H. The van der Waals surface area contributed by atoms with Crippen molar-refractivity contribution >= 4 is 50.5 Å². The zero-order valence-electron chi connectivity index (χ0n) is 18.8. The van der Waals surface area contributed by atoms with Gasteiger partial charge >= 0.3 is 0 Å². The molecule has 0 spiro atoms. The molecule has 0 aliphatic rings. The topological polar surface area (TPSA) is 65.1 Å². The first kappa shape index (κ1) is 22.3. The van der Waals surface area contributed by atoms with Gasteiger partial charge in [0, 0.05) is 21.8 Å². The smallest absolute Gasteiger partial charge is 0.266 e. The second-order valence-corrected chi connectivity index (χ2v) is 9.97. The van der Waals surface area contributed by atoms with Crippen LogP contribution >= 0.6 is 27.3 Å². The Kier molecular flexibility index (Phi) is 5.88. The maximum Gasteiger partial charge on any atom is 0.291 e. The van der Waals surface area contributed by atoms with Gasteiger partial charge in [0.2, 0.25) is 4.96 Å². The Bertz CT molecular complexity index is 1800. The monoisotopic (exact) mass is 551 g/mol. The summed E-state index contributed by atoms with van der Waals surface area (Å²) < 4.78 is 4.73. The van der Waals surface area contributed by atoms with Crippen LogP contribution in [0.25, 0.3) is 40.1 Å². The van der Waals surface area contributed by atoms with Crippen molar-refractivity contribution in [3.8, 4) is 16.9 Å². The highest BCUT2D eigenvalue weighted by atomic mass is 79.9. The maximum absolute atomic E-state index is 13.2. The molecule has 8 heteroatoms. The molecule has 3 aromatic carbocycles. The van der Waals surface area contributed by atoms with E-state index in [0.717, 1.165) is 32.5 Å². The van der Waals surface area contributed by atoms with E-state index >= 15 is 0 Å². The van der Waals surface area contributed by atoms with Gasteiger partial charge in [-0.15, -0.1) is 5.10 Å². The Morgan fingerprint density at radius 2 is 1.56 bits per heavy atom. The van der Waals surface area contributed by atoms with Gasteiger partial charge in [0.05, 0.1) is 15.9 Å². The van der Waals surface area contributed by atoms with Crippen LogP contribution in [0.4, 0.5) is 0 Å². The number of thiazole rings is 1. The third kappa shape index (κ3) is 4.44. The molecule has 0 bridgehead atoms. The van der Waals surface area contributed by atoms with E-state index in [9.17, 15) is 4.79 Å². The quantitative estimate of drug-likeness (QED) is 0.284. The van der Waals surface area contributed by atoms with Crippen LogP contribution in [0.2, 0.25) is 0 Å². The Morgan fingerprint density at radius 3 is 2.28 bits per heavy atom. The lowest BCUT2D eigenvalue weighted by molar-refractivity contribution is 0.884. The molecule has 0 N–H and O–H groups in total. The normalized spacial score (nSPS) is 12.2. The van der Waals surface area contributed by atoms with Crippen molar-refractivity contribution in [2.24, 2.45) is 0 Å². The van der Waals surface area contributed by atoms with Gasteiger partial charge in [0.25, 0.3) is 5.56 Å². The Labute approximate surface area is 218 Å². The molecule has 0 radical (unpaired) electrons. The largest absolute Gasteiger partial charge is 0.291 e. The van der Waals surface area contributed by atoms with Gasteiger partial charge in [0.15, 0.2) is 5.82 Å². The van der Waals surface area contributed by atoms with E-state index < -0.39 is 0 Å². The average Bonchev–Trinajstić information content (AvgIpc) is 3.59. The van der Waals surface area contributed by atoms with Crippen molar-refractivity contribution in [3.63, 3.8) is 0 Å². The lowest BCUT2D eigenvalue weighted by atomic mass is 10.1. The molecule has 0 amide bonds. The summed E-state index contributed by atoms with van der Waals surface area (Å²) in [5.74, 6) is 0.501. The van der Waals surface area contributed by atoms with Crippen molar-refractivity contribution in [1.29, 1.82) is 0 Å². The Morgan fingerprint density at radius 1 is 0.833 bits per heavy atom. The van der Waals surface area contributed by atoms with E-state index in [0.29, 0.717) is 15.3 Å². The van der Waals surface area contributed by atoms with E-state index in [1.165, 1.54) is 15.9 Å². The molecule has 0 saturated carbocycles. The molecule has 36 heavy (non-hydrogen) atoms. The summed E-state index contributed by atoms with van der Waals surface area (Å²) in [4.78, 5) is 18.3. The predicted octanol–water partition coefficient (Wildman–Crippen LogP) is 5.48. The zero-order chi connectivity index (χ0) is 24.5. The third-order valence-corrected chi connectivity index (χ3v) is 7.08. The van der Waals surface area contributed by atoms with E-state index in [4.69, 9.17) is 5.10 Å². The van der Waals surface area contributed by atoms with Crippen molar-refractivity contribution < 1.29 is 0 Å². The fraction of sp³-hybridized carbons (Fsp3) is 0. The van der Waals surface area contributed by atoms with Crippen LogP contribution in [0.1, 0.15) is 17.0 Å². The Hall–Kier alpha value is -4.14. The summed E-state index contributed by atoms with van der Waals surface area (Å²) in [7, 11) is 0. The van der Waals surface area contributed by atoms with E-state index in [1.807, 2.05) is 114 Å². The summed E-state index contributed by atoms with van der Waals surface area (Å²) in [6.07, 6.45) is 7.55. The minimum absolute atomic E-state index is 0.198. The summed E-state index contributed by atoms with van der Waals surface area (Å²) in [6, 6.07) is 27.8. The second kappa shape index (κ2) is 9.49. The van der Waals surface area contributed by atoms with Crippen LogP contribution in [0, 0.1) is 0 Å². The maximum atomic E-state index is 13.2. The lowest BCUT2D eigenvalue weighted by Gasteiger charge is -2.00. The molecule has 0 aliphatic carbocycles. The number of hydrogen-bond acceptors (Lipinski definition) is 5. The van der Waals surface area contributed by atoms with Crippen LogP contribution in [0.5, 0.6) is 0 Å². The molecule has 0 aliphatic heterocycles. The molecule has 174 valence electrons. The SMILES string of the molecule is O=c1c(=Cc2cn(-c3ccccc3)nc2-c2ccc(Br)cc2)sc2nc(C=Cc3ccccc3)nn12. The fourth-order valence-corrected chi connectivity index (χ4v) is 5.00. The molecule has 6 rings (SSSR count). The molecule has 3 aromatic heterocycles. The first-order chi connectivity index (χ1) is 17.6. The van der Waals surface area contributed by atoms with Gasteiger partial charge in [-0.2, -0.15) is 14.6 Å². The average molecular weight is 552 g/mol. The minimum atomic E-state index is -0.198. The number of rotatable bonds is 5. The van der Waals surface area contributed by atoms with Crippen LogP contribution in [-0.2, 0) is 0 Å². The predicted molar refractivity (Wildman–Crippen MR) is 148 cm³/mol. The summed E-state index contributed by atoms with van der Waals surface area (Å²) >= 11 is 4.81. The first-order valence-electron chi connectivity index (χ1n) is 11.2. The minimum Gasteiger partial charge on any atom is -0.266 e. The number of benzene rings is 3. The molecule has 3 heterocycles. The highest BCUT2D eigenvalue weighted by Gasteiger charge is 2.14. The molecular weight excluding hydrogens is 534 g/mol. The zero-order valence-corrected chi connectivity index (χ0v) is 21.2. The highest BCUT2D eigenvalue weighted by Crippen LogP contribution is 2.26. The summed E-state index contributed by atoms with van der Waals surface area (Å²) in [5, 5.41) is 9.24. The van der Waals surface area contributed by atoms with Gasteiger partial charge in [-0.1, -0.05) is 94.0 Å². The van der Waals surface area contributed by atoms with Gasteiger partial charge in [-0.05, 0) is 42.0 Å². The van der Waals surface area contributed by atoms with Crippen molar-refractivity contribution in [2.45, 2.75) is 0 Å². The lowest BCUT2D eigenvalue weighted by Crippen LogP contribution is -2.23. The van der Waals surface area contributed by atoms with Crippen LogP contribution in [0.3, 0.4) is 0 Å². The van der Waals surface area contributed by atoms with Crippen molar-refractivity contribution in [2.75, 3.05) is 0 Å². The van der Waals surface area contributed by atoms with Crippen LogP contribution in [-0.4, -0.2) is 24.4 Å². The van der Waals surface area contributed by atoms with Gasteiger partial charge in [-0.3, -0.25) is 4.79 Å². The molecule has 0 unspecified atom stereocenters. The molecule has 0 fully saturated rings. The van der Waals surface area contributed by atoms with Gasteiger partial charge in [0.1, 0.15) is 0 Å². The number of hydrogen-bond donors (Lipinski definition) is 0. The fourth-order valence-electron chi connectivity index (χ4n) is 3.83. The van der Waals surface area contributed by atoms with Gasteiger partial charge in [-0.25, -0.2) is 4.68 Å². The highest BCUT2D eigenvalue weighted by molar-refractivity contribution is 9.10. The number of nitrogens with zero attached hydrogens (tertiary/aromatic N) is 5. The number of fused-ring (bicyclic) bond motifs is 1. The molecule has 0 atom stereocenters. The number of para-hydroxylation sites is 1. The molecular formula is C28H18BrN5OS. The van der Waals surface area contributed by atoms with Gasteiger partial charge < -0.3 is 0 Å². The summed E-state index contributed by atoms with van der Waals surface area (Å²) in [6.45, 7) is 0. The summed E-state index contributed by atoms with van der Waals surface area (Å²) in [5.41, 5.74) is 4.37. The van der Waals surface area contributed by atoms with E-state index in [2.05, 4.69) is 26.0 Å². The van der Waals surface area contributed by atoms with Crippen LogP contribution in [0.15, 0.2) is 100 Å². The molecule has 6 nitrogen and oxygen atoms in total. The Balaban J connectivity index is 1.42. The van der Waals surface area contributed by atoms with E-state index in [1.54, 1.807) is 0 Å². The second-order valence-electron chi connectivity index (χ2n) is 8.04. The molecule has 6 aromatic rings. The number of aromatic nitrogens is 5. The van der Waals surface area contributed by atoms with Crippen molar-refractivity contribution in [3.05, 3.63) is 127 Å². The number of halogens is 1. The molecule has 0 saturated heterocycles. The van der Waals surface area contributed by atoms with E-state index in [-0.39, 0.29) is 5.56 Å². The first-order valence-corrected chi connectivity index (χ1v) is 12.8. The van der Waals surface area contributed by atoms with Crippen molar-refractivity contribution in [1.82, 2.24) is 24.4 Å². The third-order valence-electron chi connectivity index (χ3n) is 5.59.